The monoisotopic (exact) mass is 510 g/mol. The summed E-state index contributed by atoms with van der Waals surface area (Å²) in [5, 5.41) is 10.9. The van der Waals surface area contributed by atoms with Crippen LogP contribution in [0.2, 0.25) is 0 Å². The van der Waals surface area contributed by atoms with E-state index in [9.17, 15) is 13.8 Å². The fourth-order valence-corrected chi connectivity index (χ4v) is 4.71. The first-order valence-electron chi connectivity index (χ1n) is 11.4. The predicted octanol–water partition coefficient (Wildman–Crippen LogP) is 3.31. The van der Waals surface area contributed by atoms with Gasteiger partial charge in [-0.1, -0.05) is 29.5 Å². The molecule has 0 radical (unpaired) electrons. The van der Waals surface area contributed by atoms with Gasteiger partial charge in [-0.05, 0) is 30.7 Å². The second-order valence-corrected chi connectivity index (χ2v) is 10.5. The first kappa shape index (κ1) is 24.1. The van der Waals surface area contributed by atoms with Crippen LogP contribution in [0.4, 0.5) is 4.39 Å². The number of benzene rings is 2. The van der Waals surface area contributed by atoms with Crippen molar-refractivity contribution >= 4 is 13.5 Å². The Labute approximate surface area is 205 Å². The average molecular weight is 510 g/mol. The second kappa shape index (κ2) is 9.77. The highest BCUT2D eigenvalue weighted by Crippen LogP contribution is 2.36. The van der Waals surface area contributed by atoms with Crippen LogP contribution in [0.3, 0.4) is 0 Å². The number of aromatic amines is 1. The molecular weight excluding hydrogens is 486 g/mol. The number of imidazole rings is 1. The summed E-state index contributed by atoms with van der Waals surface area (Å²) in [5.41, 5.74) is 4.50. The number of rotatable bonds is 7. The maximum absolute atomic E-state index is 13.5. The predicted molar refractivity (Wildman–Crippen MR) is 130 cm³/mol. The van der Waals surface area contributed by atoms with Crippen LogP contribution in [0.25, 0.3) is 33.9 Å². The van der Waals surface area contributed by atoms with Crippen LogP contribution >= 0.6 is 7.60 Å². The molecule has 5 rings (SSSR count). The topological polar surface area (TPSA) is 146 Å². The summed E-state index contributed by atoms with van der Waals surface area (Å²) < 4.78 is 26.0. The van der Waals surface area contributed by atoms with Crippen molar-refractivity contribution < 1.29 is 23.5 Å². The van der Waals surface area contributed by atoms with Crippen LogP contribution in [-0.2, 0) is 15.9 Å². The summed E-state index contributed by atoms with van der Waals surface area (Å²) in [7, 11) is -4.12. The van der Waals surface area contributed by atoms with Crippen molar-refractivity contribution in [2.24, 2.45) is 0 Å². The molecule has 0 spiro atoms. The standard InChI is InChI=1S/C24H24FN6O4P/c25-19-7-5-16(6-8-19)22-23(18-9-10-26-21(32)13-18)28-24(27-22)17-3-1-15(2-4-17)20-14-31(30-29-20)11-12-36(33,34)35/h1-8,14,18H,9-13H2,(H,26,32)(H,27,28)(H2,33,34,35). The van der Waals surface area contributed by atoms with Crippen molar-refractivity contribution in [3.8, 4) is 33.9 Å². The Kier molecular flexibility index (Phi) is 6.53. The van der Waals surface area contributed by atoms with Crippen LogP contribution in [-0.4, -0.2) is 53.4 Å². The van der Waals surface area contributed by atoms with Gasteiger partial charge in [0.15, 0.2) is 0 Å². The van der Waals surface area contributed by atoms with Gasteiger partial charge in [-0.25, -0.2) is 9.37 Å². The summed E-state index contributed by atoms with van der Waals surface area (Å²) in [6.07, 6.45) is 2.45. The van der Waals surface area contributed by atoms with Crippen LogP contribution in [0.1, 0.15) is 24.5 Å². The molecule has 1 atom stereocenters. The number of piperidine rings is 1. The molecule has 1 aliphatic rings. The third-order valence-corrected chi connectivity index (χ3v) is 6.90. The molecule has 3 heterocycles. The largest absolute Gasteiger partial charge is 0.356 e. The molecule has 1 fully saturated rings. The number of H-pyrrole nitrogens is 1. The third-order valence-electron chi connectivity index (χ3n) is 6.12. The Hall–Kier alpha value is -3.66. The van der Waals surface area contributed by atoms with Gasteiger partial charge in [0.2, 0.25) is 5.91 Å². The molecular formula is C24H24FN6O4P. The van der Waals surface area contributed by atoms with Gasteiger partial charge in [0.1, 0.15) is 17.3 Å². The van der Waals surface area contributed by atoms with Gasteiger partial charge >= 0.3 is 7.60 Å². The van der Waals surface area contributed by atoms with Crippen LogP contribution in [0.15, 0.2) is 54.7 Å². The summed E-state index contributed by atoms with van der Waals surface area (Å²) in [6.45, 7) is 0.653. The Morgan fingerprint density at radius 1 is 1.06 bits per heavy atom. The van der Waals surface area contributed by atoms with E-state index in [1.807, 2.05) is 24.3 Å². The Balaban J connectivity index is 1.43. The Morgan fingerprint density at radius 2 is 1.75 bits per heavy atom. The lowest BCUT2D eigenvalue weighted by atomic mass is 9.91. The molecule has 10 nitrogen and oxygen atoms in total. The molecule has 186 valence electrons. The molecule has 4 aromatic rings. The zero-order valence-electron chi connectivity index (χ0n) is 19.1. The number of nitrogens with zero attached hydrogens (tertiary/aromatic N) is 4. The highest BCUT2D eigenvalue weighted by atomic mass is 31.2. The van der Waals surface area contributed by atoms with Crippen molar-refractivity contribution in [1.29, 1.82) is 0 Å². The number of aromatic nitrogens is 5. The van der Waals surface area contributed by atoms with Crippen LogP contribution < -0.4 is 5.32 Å². The Bertz CT molecular complexity index is 1430. The molecule has 1 saturated heterocycles. The fraction of sp³-hybridized carbons (Fsp3) is 0.250. The molecule has 1 aliphatic heterocycles. The number of halogens is 1. The maximum atomic E-state index is 13.5. The van der Waals surface area contributed by atoms with E-state index < -0.39 is 7.60 Å². The molecule has 0 bridgehead atoms. The highest BCUT2D eigenvalue weighted by molar-refractivity contribution is 7.51. The van der Waals surface area contributed by atoms with E-state index >= 15 is 0 Å². The molecule has 12 heteroatoms. The number of amides is 1. The van der Waals surface area contributed by atoms with Gasteiger partial charge in [0.25, 0.3) is 0 Å². The lowest BCUT2D eigenvalue weighted by molar-refractivity contribution is -0.122. The van der Waals surface area contributed by atoms with E-state index in [0.29, 0.717) is 30.2 Å². The van der Waals surface area contributed by atoms with Gasteiger partial charge in [0, 0.05) is 41.3 Å². The maximum Gasteiger partial charge on any atom is 0.327 e. The summed E-state index contributed by atoms with van der Waals surface area (Å²) >= 11 is 0. The molecule has 2 aromatic heterocycles. The van der Waals surface area contributed by atoms with Gasteiger partial charge in [0.05, 0.1) is 24.6 Å². The third kappa shape index (κ3) is 5.43. The molecule has 1 amide bonds. The van der Waals surface area contributed by atoms with E-state index in [0.717, 1.165) is 28.8 Å². The van der Waals surface area contributed by atoms with Crippen molar-refractivity contribution in [2.75, 3.05) is 12.7 Å². The summed E-state index contributed by atoms with van der Waals surface area (Å²) in [6, 6.07) is 13.6. The number of carbonyl (C=O) groups is 1. The zero-order chi connectivity index (χ0) is 25.3. The van der Waals surface area contributed by atoms with E-state index in [4.69, 9.17) is 14.8 Å². The minimum atomic E-state index is -4.12. The van der Waals surface area contributed by atoms with Gasteiger partial charge in [-0.2, -0.15) is 0 Å². The molecule has 0 aliphatic carbocycles. The summed E-state index contributed by atoms with van der Waals surface area (Å²) in [4.78, 5) is 38.4. The Morgan fingerprint density at radius 3 is 2.44 bits per heavy atom. The molecule has 1 unspecified atom stereocenters. The van der Waals surface area contributed by atoms with Gasteiger partial charge in [-0.15, -0.1) is 5.10 Å². The number of aryl methyl sites for hydroxylation is 1. The normalized spacial score (nSPS) is 16.2. The SMILES string of the molecule is O=C1CC(c2[nH]c(-c3ccc(-c4cn(CCP(=O)(O)O)nn4)cc3)nc2-c2ccc(F)cc2)CCN1. The highest BCUT2D eigenvalue weighted by Gasteiger charge is 2.26. The molecule has 0 saturated carbocycles. The lowest BCUT2D eigenvalue weighted by Crippen LogP contribution is -2.32. The number of carbonyl (C=O) groups excluding carboxylic acids is 1. The number of hydrogen-bond donors (Lipinski definition) is 4. The molecule has 4 N–H and O–H groups in total. The van der Waals surface area contributed by atoms with Gasteiger partial charge < -0.3 is 20.1 Å². The quantitative estimate of drug-likeness (QED) is 0.279. The van der Waals surface area contributed by atoms with E-state index in [1.54, 1.807) is 18.3 Å². The van der Waals surface area contributed by atoms with Gasteiger partial charge in [-0.3, -0.25) is 14.0 Å². The van der Waals surface area contributed by atoms with Crippen molar-refractivity contribution in [2.45, 2.75) is 25.3 Å². The van der Waals surface area contributed by atoms with Crippen molar-refractivity contribution in [3.63, 3.8) is 0 Å². The fourth-order valence-electron chi connectivity index (χ4n) is 4.25. The second-order valence-electron chi connectivity index (χ2n) is 8.73. The van der Waals surface area contributed by atoms with Crippen molar-refractivity contribution in [3.05, 3.63) is 66.2 Å². The molecule has 2 aromatic carbocycles. The first-order valence-corrected chi connectivity index (χ1v) is 13.2. The molecule has 36 heavy (non-hydrogen) atoms. The minimum absolute atomic E-state index is 0.00866. The smallest absolute Gasteiger partial charge is 0.327 e. The van der Waals surface area contributed by atoms with Crippen molar-refractivity contribution in [1.82, 2.24) is 30.3 Å². The van der Waals surface area contributed by atoms with Crippen LogP contribution in [0.5, 0.6) is 0 Å². The van der Waals surface area contributed by atoms with E-state index in [2.05, 4.69) is 20.6 Å². The number of nitrogens with one attached hydrogen (secondary N) is 2. The first-order chi connectivity index (χ1) is 17.2. The summed E-state index contributed by atoms with van der Waals surface area (Å²) in [5.74, 6) is 0.266. The van der Waals surface area contributed by atoms with Crippen LogP contribution in [0, 0.1) is 5.82 Å². The van der Waals surface area contributed by atoms with E-state index in [1.165, 1.54) is 16.8 Å². The minimum Gasteiger partial charge on any atom is -0.356 e. The average Bonchev–Trinajstić information content (AvgIpc) is 3.51. The lowest BCUT2D eigenvalue weighted by Gasteiger charge is -2.22. The zero-order valence-corrected chi connectivity index (χ0v) is 20.0. The number of hydrogen-bond acceptors (Lipinski definition) is 5. The van der Waals surface area contributed by atoms with E-state index in [-0.39, 0.29) is 30.3 Å².